The predicted octanol–water partition coefficient (Wildman–Crippen LogP) is 9.60. The lowest BCUT2D eigenvalue weighted by Gasteiger charge is -2.23. The van der Waals surface area contributed by atoms with Crippen molar-refractivity contribution in [3.05, 3.63) is 95.7 Å². The second-order valence-corrected chi connectivity index (χ2v) is 16.2. The SMILES string of the molecule is CC.CC(=O)NCC(=O)N1CCCC1.CCC.CNC(C(=O)N1CCCC1)c1ccccc1.COC=O.c1nc2ccc(-c3csc4c(-c5ccc6nc[nH]c6c5)csc34)cc2[nH]1. The van der Waals surface area contributed by atoms with Crippen LogP contribution in [0.15, 0.2) is 90.1 Å². The zero-order chi connectivity index (χ0) is 45.6. The molecule has 2 saturated heterocycles. The molecule has 4 aromatic heterocycles. The van der Waals surface area contributed by atoms with E-state index in [1.54, 1.807) is 17.6 Å². The molecule has 3 aromatic carbocycles. The van der Waals surface area contributed by atoms with E-state index in [4.69, 9.17) is 4.79 Å². The van der Waals surface area contributed by atoms with Crippen molar-refractivity contribution in [1.82, 2.24) is 40.4 Å². The molecule has 6 heterocycles. The minimum atomic E-state index is -0.195. The largest absolute Gasteiger partial charge is 0.471 e. The third-order valence-electron chi connectivity index (χ3n) is 9.88. The number of likely N-dealkylation sites (tertiary alicyclic amines) is 2. The quantitative estimate of drug-likeness (QED) is 0.110. The number of imidazole rings is 2. The van der Waals surface area contributed by atoms with Gasteiger partial charge in [0.15, 0.2) is 0 Å². The third kappa shape index (κ3) is 14.1. The molecule has 4 N–H and O–H groups in total. The standard InChI is InChI=1S/C20H12N4S2.C13H18N2O.C8H14N2O2.C3H8.C2H4O2.C2H6/c1-3-15-17(23-9-21-15)5-11(1)13-7-25-20-14(8-26-19(13)20)12-2-4-16-18(6-12)24-10-22-16;1-14-12(11-7-3-2-4-8-11)13(16)15-9-5-6-10-15;1-7(11)9-6-8(12)10-4-2-3-5-10;1-3-2;1-4-2-3;1-2/h1-10H,(H,21,23)(H,22,24);2-4,7-8,12,14H,5-6,9-10H2,1H3;2-6H2,1H3,(H,9,11);3H2,1-2H3;2H,1H3;1-2H3. The van der Waals surface area contributed by atoms with Gasteiger partial charge in [0.05, 0.1) is 57.8 Å². The maximum absolute atomic E-state index is 12.2. The average Bonchev–Trinajstić information content (AvgIpc) is 4.17. The van der Waals surface area contributed by atoms with Crippen LogP contribution < -0.4 is 10.6 Å². The molecule has 2 aliphatic rings. The summed E-state index contributed by atoms with van der Waals surface area (Å²) in [5.41, 5.74) is 10.2. The summed E-state index contributed by atoms with van der Waals surface area (Å²) in [6, 6.07) is 22.5. The van der Waals surface area contributed by atoms with Crippen LogP contribution in [0.4, 0.5) is 0 Å². The number of hydrogen-bond acceptors (Lipinski definition) is 10. The monoisotopic (exact) mass is 894 g/mol. The molecule has 63 heavy (non-hydrogen) atoms. The molecule has 15 heteroatoms. The number of H-pyrrole nitrogens is 2. The van der Waals surface area contributed by atoms with Crippen LogP contribution in [-0.2, 0) is 23.9 Å². The van der Waals surface area contributed by atoms with E-state index in [2.05, 4.69) is 96.3 Å². The van der Waals surface area contributed by atoms with Crippen molar-refractivity contribution >= 4 is 78.3 Å². The number of thiophene rings is 2. The highest BCUT2D eigenvalue weighted by Gasteiger charge is 2.26. The van der Waals surface area contributed by atoms with Gasteiger partial charge in [0.2, 0.25) is 17.7 Å². The Morgan fingerprint density at radius 1 is 0.778 bits per heavy atom. The minimum absolute atomic E-state index is 0.0303. The number of nitrogens with one attached hydrogen (secondary N) is 4. The minimum Gasteiger partial charge on any atom is -0.471 e. The van der Waals surface area contributed by atoms with Crippen LogP contribution in [0.2, 0.25) is 0 Å². The summed E-state index contributed by atoms with van der Waals surface area (Å²) >= 11 is 3.62. The predicted molar refractivity (Wildman–Crippen MR) is 259 cm³/mol. The van der Waals surface area contributed by atoms with Crippen LogP contribution in [0, 0.1) is 0 Å². The zero-order valence-electron chi connectivity index (χ0n) is 37.5. The smallest absolute Gasteiger partial charge is 0.292 e. The molecule has 336 valence electrons. The Labute approximate surface area is 378 Å². The summed E-state index contributed by atoms with van der Waals surface area (Å²) in [6.45, 7) is 13.7. The summed E-state index contributed by atoms with van der Waals surface area (Å²) in [6.07, 6.45) is 9.19. The molecule has 0 bridgehead atoms. The highest BCUT2D eigenvalue weighted by Crippen LogP contribution is 2.44. The van der Waals surface area contributed by atoms with Crippen molar-refractivity contribution in [3.8, 4) is 22.3 Å². The van der Waals surface area contributed by atoms with Crippen molar-refractivity contribution in [2.45, 2.75) is 72.8 Å². The fraction of sp³-hybridized carbons (Fsp3) is 0.375. The van der Waals surface area contributed by atoms with Crippen molar-refractivity contribution < 1.29 is 23.9 Å². The van der Waals surface area contributed by atoms with Crippen molar-refractivity contribution in [2.75, 3.05) is 46.9 Å². The number of aromatic amines is 2. The van der Waals surface area contributed by atoms with Gasteiger partial charge in [-0.1, -0.05) is 76.6 Å². The van der Waals surface area contributed by atoms with E-state index in [0.717, 1.165) is 79.5 Å². The Morgan fingerprint density at radius 2 is 1.24 bits per heavy atom. The fourth-order valence-corrected chi connectivity index (χ4v) is 9.36. The first-order valence-corrected chi connectivity index (χ1v) is 23.3. The van der Waals surface area contributed by atoms with Crippen LogP contribution in [0.5, 0.6) is 0 Å². The summed E-state index contributed by atoms with van der Waals surface area (Å²) in [5, 5.41) is 10.1. The zero-order valence-corrected chi connectivity index (χ0v) is 39.2. The molecule has 3 amide bonds. The van der Waals surface area contributed by atoms with Crippen LogP contribution in [0.3, 0.4) is 0 Å². The number of rotatable bonds is 8. The second-order valence-electron chi connectivity index (χ2n) is 14.4. The Morgan fingerprint density at radius 3 is 1.67 bits per heavy atom. The van der Waals surface area contributed by atoms with Crippen LogP contribution in [0.1, 0.15) is 78.3 Å². The average molecular weight is 895 g/mol. The maximum atomic E-state index is 12.2. The third-order valence-corrected chi connectivity index (χ3v) is 12.0. The van der Waals surface area contributed by atoms with Gasteiger partial charge in [-0.2, -0.15) is 0 Å². The number of carbonyl (C=O) groups excluding carboxylic acids is 4. The number of nitrogens with zero attached hydrogens (tertiary/aromatic N) is 4. The molecule has 0 spiro atoms. The molecule has 2 aliphatic heterocycles. The maximum Gasteiger partial charge on any atom is 0.292 e. The van der Waals surface area contributed by atoms with Gasteiger partial charge in [-0.25, -0.2) is 9.97 Å². The molecule has 1 unspecified atom stereocenters. The van der Waals surface area contributed by atoms with Gasteiger partial charge in [-0.3, -0.25) is 19.2 Å². The van der Waals surface area contributed by atoms with Gasteiger partial charge in [-0.05, 0) is 73.7 Å². The van der Waals surface area contributed by atoms with E-state index in [0.29, 0.717) is 6.47 Å². The molecule has 1 atom stereocenters. The molecular formula is C48H62N8O5S2. The Balaban J connectivity index is 0.000000203. The summed E-state index contributed by atoms with van der Waals surface area (Å²) in [4.78, 5) is 61.7. The van der Waals surface area contributed by atoms with Gasteiger partial charge >= 0.3 is 0 Å². The number of fused-ring (bicyclic) bond motifs is 3. The van der Waals surface area contributed by atoms with Gasteiger partial charge in [0.25, 0.3) is 6.47 Å². The van der Waals surface area contributed by atoms with Gasteiger partial charge in [0.1, 0.15) is 6.04 Å². The van der Waals surface area contributed by atoms with E-state index >= 15 is 0 Å². The summed E-state index contributed by atoms with van der Waals surface area (Å²) in [5.74, 6) is 0.0800. The van der Waals surface area contributed by atoms with E-state index in [1.807, 2.05) is 78.8 Å². The van der Waals surface area contributed by atoms with Gasteiger partial charge < -0.3 is 35.1 Å². The lowest BCUT2D eigenvalue weighted by molar-refractivity contribution is -0.132. The van der Waals surface area contributed by atoms with Crippen LogP contribution in [0.25, 0.3) is 53.7 Å². The number of methoxy groups -OCH3 is 1. The molecule has 7 aromatic rings. The van der Waals surface area contributed by atoms with Crippen molar-refractivity contribution in [1.29, 1.82) is 0 Å². The lowest BCUT2D eigenvalue weighted by atomic mass is 10.1. The van der Waals surface area contributed by atoms with Gasteiger partial charge in [0, 0.05) is 55.0 Å². The molecule has 0 radical (unpaired) electrons. The number of ether oxygens (including phenoxy) is 1. The van der Waals surface area contributed by atoms with E-state index in [1.165, 1.54) is 52.1 Å². The number of likely N-dealkylation sites (N-methyl/N-ethyl adjacent to an activating group) is 1. The van der Waals surface area contributed by atoms with E-state index in [-0.39, 0.29) is 30.3 Å². The molecule has 0 saturated carbocycles. The van der Waals surface area contributed by atoms with Crippen LogP contribution in [-0.4, -0.2) is 101 Å². The first-order chi connectivity index (χ1) is 30.7. The number of aromatic nitrogens is 4. The number of carbonyl (C=O) groups is 4. The number of hydrogen-bond donors (Lipinski definition) is 4. The van der Waals surface area contributed by atoms with Crippen molar-refractivity contribution in [3.63, 3.8) is 0 Å². The van der Waals surface area contributed by atoms with E-state index in [9.17, 15) is 14.4 Å². The Bertz CT molecular complexity index is 2340. The highest BCUT2D eigenvalue weighted by atomic mass is 32.1. The van der Waals surface area contributed by atoms with E-state index < -0.39 is 0 Å². The molecule has 2 fully saturated rings. The summed E-state index contributed by atoms with van der Waals surface area (Å²) in [7, 11) is 3.15. The molecule has 9 rings (SSSR count). The van der Waals surface area contributed by atoms with Gasteiger partial charge in [-0.15, -0.1) is 22.7 Å². The molecule has 13 nitrogen and oxygen atoms in total. The van der Waals surface area contributed by atoms with Crippen molar-refractivity contribution in [2.24, 2.45) is 0 Å². The second kappa shape index (κ2) is 26.5. The fourth-order valence-electron chi connectivity index (χ4n) is 6.90. The first-order valence-electron chi connectivity index (χ1n) is 21.6. The molecular weight excluding hydrogens is 833 g/mol. The Hall–Kier alpha value is -5.90. The first kappa shape index (κ1) is 49.8. The Kier molecular flexibility index (Phi) is 21.0. The number of amides is 3. The summed E-state index contributed by atoms with van der Waals surface area (Å²) < 4.78 is 6.54. The number of benzene rings is 3. The topological polar surface area (TPSA) is 165 Å². The highest BCUT2D eigenvalue weighted by molar-refractivity contribution is 7.27. The lowest BCUT2D eigenvalue weighted by Crippen LogP contribution is -2.38. The normalized spacial score (nSPS) is 13.1. The van der Waals surface area contributed by atoms with Crippen LogP contribution >= 0.6 is 22.7 Å². The molecule has 0 aliphatic carbocycles.